The van der Waals surface area contributed by atoms with Crippen molar-refractivity contribution in [2.24, 2.45) is 5.92 Å². The second-order valence-corrected chi connectivity index (χ2v) is 9.91. The fourth-order valence-corrected chi connectivity index (χ4v) is 5.20. The fourth-order valence-electron chi connectivity index (χ4n) is 2.69. The van der Waals surface area contributed by atoms with E-state index in [1.807, 2.05) is 18.2 Å². The van der Waals surface area contributed by atoms with Crippen molar-refractivity contribution in [3.8, 4) is 0 Å². The number of amides is 1. The van der Waals surface area contributed by atoms with Gasteiger partial charge in [-0.1, -0.05) is 29.3 Å². The van der Waals surface area contributed by atoms with Gasteiger partial charge in [0, 0.05) is 41.2 Å². The lowest BCUT2D eigenvalue weighted by atomic mass is 9.99. The lowest BCUT2D eigenvalue weighted by Gasteiger charge is -2.30. The van der Waals surface area contributed by atoms with Gasteiger partial charge in [-0.05, 0) is 30.5 Å². The predicted molar refractivity (Wildman–Crippen MR) is 105 cm³/mol. The van der Waals surface area contributed by atoms with Crippen LogP contribution in [-0.4, -0.2) is 50.3 Å². The lowest BCUT2D eigenvalue weighted by molar-refractivity contribution is -0.125. The first-order chi connectivity index (χ1) is 11.8. The Labute approximate surface area is 163 Å². The summed E-state index contributed by atoms with van der Waals surface area (Å²) in [5.41, 5.74) is 0.901. The quantitative estimate of drug-likeness (QED) is 0.682. The zero-order valence-corrected chi connectivity index (χ0v) is 17.1. The van der Waals surface area contributed by atoms with Gasteiger partial charge >= 0.3 is 0 Å². The van der Waals surface area contributed by atoms with Crippen molar-refractivity contribution in [1.82, 2.24) is 9.62 Å². The first kappa shape index (κ1) is 20.8. The van der Waals surface area contributed by atoms with Crippen LogP contribution in [0.2, 0.25) is 10.0 Å². The SMILES string of the molecule is CS(=O)(=O)N1CCC[C@@H](C(=O)NCCSCc2c(Cl)cccc2Cl)C1. The zero-order chi connectivity index (χ0) is 18.4. The van der Waals surface area contributed by atoms with Crippen LogP contribution in [0.25, 0.3) is 0 Å². The van der Waals surface area contributed by atoms with Gasteiger partial charge in [0.25, 0.3) is 0 Å². The number of piperidine rings is 1. The molecule has 2 rings (SSSR count). The third kappa shape index (κ3) is 6.32. The van der Waals surface area contributed by atoms with Gasteiger partial charge in [0.05, 0.1) is 12.2 Å². The van der Waals surface area contributed by atoms with Crippen LogP contribution in [0.5, 0.6) is 0 Å². The van der Waals surface area contributed by atoms with Crippen LogP contribution < -0.4 is 5.32 Å². The maximum Gasteiger partial charge on any atom is 0.224 e. The van der Waals surface area contributed by atoms with Gasteiger partial charge in [-0.3, -0.25) is 4.79 Å². The van der Waals surface area contributed by atoms with Crippen LogP contribution in [0.15, 0.2) is 18.2 Å². The third-order valence-corrected chi connectivity index (χ3v) is 7.04. The summed E-state index contributed by atoms with van der Waals surface area (Å²) in [6.45, 7) is 1.30. The number of hydrogen-bond donors (Lipinski definition) is 1. The molecule has 0 aromatic heterocycles. The molecule has 1 heterocycles. The molecule has 0 spiro atoms. The molecule has 0 saturated carbocycles. The maximum absolute atomic E-state index is 12.2. The van der Waals surface area contributed by atoms with E-state index in [0.29, 0.717) is 35.3 Å². The van der Waals surface area contributed by atoms with Crippen LogP contribution in [0, 0.1) is 5.92 Å². The Bertz CT molecular complexity index is 693. The van der Waals surface area contributed by atoms with E-state index in [9.17, 15) is 13.2 Å². The summed E-state index contributed by atoms with van der Waals surface area (Å²) in [5, 5.41) is 4.18. The molecular weight excluding hydrogens is 403 g/mol. The predicted octanol–water partition coefficient (Wildman–Crippen LogP) is 3.01. The summed E-state index contributed by atoms with van der Waals surface area (Å²) in [6.07, 6.45) is 2.62. The van der Waals surface area contributed by atoms with Crippen molar-refractivity contribution in [2.75, 3.05) is 31.6 Å². The van der Waals surface area contributed by atoms with E-state index in [1.54, 1.807) is 11.8 Å². The minimum absolute atomic E-state index is 0.0790. The number of carbonyl (C=O) groups is 1. The molecule has 1 N–H and O–H groups in total. The van der Waals surface area contributed by atoms with Gasteiger partial charge in [0.1, 0.15) is 0 Å². The highest BCUT2D eigenvalue weighted by Gasteiger charge is 2.29. The molecule has 0 bridgehead atoms. The van der Waals surface area contributed by atoms with Gasteiger partial charge in [0.2, 0.25) is 15.9 Å². The molecule has 0 aliphatic carbocycles. The fraction of sp³-hybridized carbons (Fsp3) is 0.562. The summed E-state index contributed by atoms with van der Waals surface area (Å²) in [4.78, 5) is 12.2. The van der Waals surface area contributed by atoms with Crippen LogP contribution >= 0.6 is 35.0 Å². The van der Waals surface area contributed by atoms with E-state index < -0.39 is 10.0 Å². The van der Waals surface area contributed by atoms with Crippen LogP contribution in [0.1, 0.15) is 18.4 Å². The summed E-state index contributed by atoms with van der Waals surface area (Å²) in [5.74, 6) is 1.06. The molecule has 0 unspecified atom stereocenters. The van der Waals surface area contributed by atoms with E-state index in [4.69, 9.17) is 23.2 Å². The van der Waals surface area contributed by atoms with Crippen molar-refractivity contribution >= 4 is 50.9 Å². The van der Waals surface area contributed by atoms with Crippen molar-refractivity contribution in [1.29, 1.82) is 0 Å². The topological polar surface area (TPSA) is 66.5 Å². The number of hydrogen-bond acceptors (Lipinski definition) is 4. The van der Waals surface area contributed by atoms with Crippen LogP contribution in [-0.2, 0) is 20.6 Å². The third-order valence-electron chi connectivity index (χ3n) is 4.08. The number of benzene rings is 1. The Morgan fingerprint density at radius 2 is 2.04 bits per heavy atom. The normalized spacial score (nSPS) is 18.9. The molecule has 1 aromatic carbocycles. The highest BCUT2D eigenvalue weighted by Crippen LogP contribution is 2.28. The van der Waals surface area contributed by atoms with E-state index in [2.05, 4.69) is 5.32 Å². The van der Waals surface area contributed by atoms with E-state index in [0.717, 1.165) is 17.7 Å². The van der Waals surface area contributed by atoms with Crippen molar-refractivity contribution in [3.63, 3.8) is 0 Å². The highest BCUT2D eigenvalue weighted by atomic mass is 35.5. The molecule has 1 saturated heterocycles. The number of halogens is 2. The van der Waals surface area contributed by atoms with Crippen molar-refractivity contribution < 1.29 is 13.2 Å². The number of carbonyl (C=O) groups excluding carboxylic acids is 1. The van der Waals surface area contributed by atoms with E-state index in [-0.39, 0.29) is 18.4 Å². The standard InChI is InChI=1S/C16H22Cl2N2O3S2/c1-25(22,23)20-8-3-4-12(10-20)16(21)19-7-9-24-11-13-14(17)5-2-6-15(13)18/h2,5-6,12H,3-4,7-11H2,1H3,(H,19,21)/t12-/m1/s1. The molecule has 1 amide bonds. The number of nitrogens with one attached hydrogen (secondary N) is 1. The molecule has 1 aromatic rings. The minimum atomic E-state index is -3.24. The second-order valence-electron chi connectivity index (χ2n) is 6.00. The minimum Gasteiger partial charge on any atom is -0.355 e. The molecule has 1 atom stereocenters. The molecule has 9 heteroatoms. The van der Waals surface area contributed by atoms with Gasteiger partial charge in [-0.25, -0.2) is 12.7 Å². The highest BCUT2D eigenvalue weighted by molar-refractivity contribution is 7.98. The maximum atomic E-state index is 12.2. The Kier molecular flexibility index (Phi) is 7.89. The Morgan fingerprint density at radius 3 is 2.68 bits per heavy atom. The lowest BCUT2D eigenvalue weighted by Crippen LogP contribution is -2.45. The number of thioether (sulfide) groups is 1. The summed E-state index contributed by atoms with van der Waals surface area (Å²) in [7, 11) is -3.24. The van der Waals surface area contributed by atoms with Crippen molar-refractivity contribution in [3.05, 3.63) is 33.8 Å². The summed E-state index contributed by atoms with van der Waals surface area (Å²) in [6, 6.07) is 5.42. The molecule has 140 valence electrons. The first-order valence-corrected chi connectivity index (χ1v) is 11.8. The molecule has 1 aliphatic rings. The molecule has 1 aliphatic heterocycles. The molecular formula is C16H22Cl2N2O3S2. The number of sulfonamides is 1. The average molecular weight is 425 g/mol. The van der Waals surface area contributed by atoms with Gasteiger partial charge in [-0.2, -0.15) is 11.8 Å². The zero-order valence-electron chi connectivity index (χ0n) is 14.0. The Morgan fingerprint density at radius 1 is 1.36 bits per heavy atom. The molecule has 0 radical (unpaired) electrons. The largest absolute Gasteiger partial charge is 0.355 e. The number of nitrogens with zero attached hydrogens (tertiary/aromatic N) is 1. The second kappa shape index (κ2) is 9.46. The summed E-state index contributed by atoms with van der Waals surface area (Å²) < 4.78 is 24.6. The van der Waals surface area contributed by atoms with Crippen LogP contribution in [0.3, 0.4) is 0 Å². The molecule has 25 heavy (non-hydrogen) atoms. The van der Waals surface area contributed by atoms with E-state index >= 15 is 0 Å². The molecule has 1 fully saturated rings. The molecule has 5 nitrogen and oxygen atoms in total. The summed E-state index contributed by atoms with van der Waals surface area (Å²) >= 11 is 13.9. The number of rotatable bonds is 7. The van der Waals surface area contributed by atoms with Gasteiger partial charge in [0.15, 0.2) is 0 Å². The Balaban J connectivity index is 1.72. The van der Waals surface area contributed by atoms with Crippen molar-refractivity contribution in [2.45, 2.75) is 18.6 Å². The van der Waals surface area contributed by atoms with Gasteiger partial charge < -0.3 is 5.32 Å². The monoisotopic (exact) mass is 424 g/mol. The Hall–Kier alpha value is -0.470. The van der Waals surface area contributed by atoms with Crippen LogP contribution in [0.4, 0.5) is 0 Å². The average Bonchev–Trinajstić information content (AvgIpc) is 2.56. The van der Waals surface area contributed by atoms with Gasteiger partial charge in [-0.15, -0.1) is 0 Å². The first-order valence-electron chi connectivity index (χ1n) is 8.02. The van der Waals surface area contributed by atoms with E-state index in [1.165, 1.54) is 10.6 Å². The smallest absolute Gasteiger partial charge is 0.224 e.